The van der Waals surface area contributed by atoms with Crippen LogP contribution in [0.4, 0.5) is 5.13 Å². The first-order valence-electron chi connectivity index (χ1n) is 5.57. The average Bonchev–Trinajstić information content (AvgIpc) is 3.07. The van der Waals surface area contributed by atoms with Gasteiger partial charge in [-0.2, -0.15) is 0 Å². The molecule has 3 rings (SSSR count). The normalized spacial score (nSPS) is 10.6. The lowest BCUT2D eigenvalue weighted by Crippen LogP contribution is -1.84. The van der Waals surface area contributed by atoms with E-state index in [2.05, 4.69) is 9.97 Å². The number of nitrogens with zero attached hydrogens (tertiary/aromatic N) is 2. The van der Waals surface area contributed by atoms with E-state index in [0.29, 0.717) is 5.13 Å². The predicted octanol–water partition coefficient (Wildman–Crippen LogP) is 3.52. The maximum absolute atomic E-state index is 5.63. The van der Waals surface area contributed by atoms with Gasteiger partial charge in [-0.05, 0) is 24.3 Å². The number of anilines is 1. The van der Waals surface area contributed by atoms with E-state index in [1.165, 1.54) is 11.3 Å². The minimum absolute atomic E-state index is 0.564. The van der Waals surface area contributed by atoms with Crippen molar-refractivity contribution in [3.8, 4) is 27.7 Å². The van der Waals surface area contributed by atoms with Gasteiger partial charge in [-0.3, -0.25) is 0 Å². The van der Waals surface area contributed by atoms with Crippen LogP contribution in [0.1, 0.15) is 0 Å². The van der Waals surface area contributed by atoms with Gasteiger partial charge in [-0.25, -0.2) is 9.97 Å². The Morgan fingerprint density at radius 3 is 2.32 bits per heavy atom. The Balaban J connectivity index is 1.91. The molecule has 0 spiro atoms. The largest absolute Gasteiger partial charge is 0.497 e. The van der Waals surface area contributed by atoms with Gasteiger partial charge < -0.3 is 10.5 Å². The van der Waals surface area contributed by atoms with Crippen LogP contribution in [-0.2, 0) is 0 Å². The molecule has 3 aromatic rings. The van der Waals surface area contributed by atoms with Crippen LogP contribution in [0.25, 0.3) is 22.0 Å². The van der Waals surface area contributed by atoms with Gasteiger partial charge in [0.05, 0.1) is 7.11 Å². The molecule has 19 heavy (non-hydrogen) atoms. The summed E-state index contributed by atoms with van der Waals surface area (Å²) in [5.74, 6) is 0.841. The molecule has 0 saturated carbocycles. The molecule has 2 N–H and O–H groups in total. The Kier molecular flexibility index (Phi) is 3.18. The summed E-state index contributed by atoms with van der Waals surface area (Å²) < 4.78 is 5.14. The molecule has 1 aromatic carbocycles. The third kappa shape index (κ3) is 2.45. The molecule has 0 fully saturated rings. The highest BCUT2D eigenvalue weighted by atomic mass is 32.1. The molecular weight excluding hydrogens is 278 g/mol. The maximum atomic E-state index is 5.63. The van der Waals surface area contributed by atoms with Crippen LogP contribution in [0.5, 0.6) is 5.75 Å². The van der Waals surface area contributed by atoms with Crippen LogP contribution >= 0.6 is 22.7 Å². The molecule has 2 aromatic heterocycles. The highest BCUT2D eigenvalue weighted by molar-refractivity contribution is 7.14. The third-order valence-electron chi connectivity index (χ3n) is 2.63. The van der Waals surface area contributed by atoms with Gasteiger partial charge in [0.25, 0.3) is 0 Å². The average molecular weight is 289 g/mol. The smallest absolute Gasteiger partial charge is 0.180 e. The van der Waals surface area contributed by atoms with Gasteiger partial charge in [0.15, 0.2) is 5.13 Å². The number of benzene rings is 1. The first kappa shape index (κ1) is 12.1. The maximum Gasteiger partial charge on any atom is 0.180 e. The van der Waals surface area contributed by atoms with Gasteiger partial charge in [0.2, 0.25) is 0 Å². The summed E-state index contributed by atoms with van der Waals surface area (Å²) >= 11 is 3.02. The Morgan fingerprint density at radius 2 is 1.68 bits per heavy atom. The van der Waals surface area contributed by atoms with Crippen molar-refractivity contribution < 1.29 is 4.74 Å². The number of thiazole rings is 2. The summed E-state index contributed by atoms with van der Waals surface area (Å²) in [7, 11) is 1.66. The molecule has 0 unspecified atom stereocenters. The summed E-state index contributed by atoms with van der Waals surface area (Å²) in [5.41, 5.74) is 8.40. The second kappa shape index (κ2) is 4.99. The van der Waals surface area contributed by atoms with Crippen molar-refractivity contribution in [2.24, 2.45) is 0 Å². The van der Waals surface area contributed by atoms with Crippen LogP contribution in [-0.4, -0.2) is 17.1 Å². The van der Waals surface area contributed by atoms with Crippen molar-refractivity contribution in [1.29, 1.82) is 0 Å². The van der Waals surface area contributed by atoms with Crippen molar-refractivity contribution in [2.45, 2.75) is 0 Å². The van der Waals surface area contributed by atoms with Gasteiger partial charge in [-0.15, -0.1) is 22.7 Å². The zero-order valence-electron chi connectivity index (χ0n) is 10.2. The summed E-state index contributed by atoms with van der Waals surface area (Å²) in [6.45, 7) is 0. The van der Waals surface area contributed by atoms with E-state index in [1.807, 2.05) is 35.0 Å². The summed E-state index contributed by atoms with van der Waals surface area (Å²) in [5, 5.41) is 5.44. The quantitative estimate of drug-likeness (QED) is 0.801. The number of rotatable bonds is 3. The number of nitrogens with two attached hydrogens (primary N) is 1. The summed E-state index contributed by atoms with van der Waals surface area (Å²) in [4.78, 5) is 8.82. The number of methoxy groups -OCH3 is 1. The number of ether oxygens (including phenoxy) is 1. The molecule has 2 heterocycles. The molecule has 6 heteroatoms. The third-order valence-corrected chi connectivity index (χ3v) is 4.19. The van der Waals surface area contributed by atoms with Crippen molar-refractivity contribution in [2.75, 3.05) is 12.8 Å². The van der Waals surface area contributed by atoms with Crippen molar-refractivity contribution in [3.63, 3.8) is 0 Å². The summed E-state index contributed by atoms with van der Waals surface area (Å²) in [6.07, 6.45) is 0. The molecular formula is C13H11N3OS2. The van der Waals surface area contributed by atoms with E-state index in [-0.39, 0.29) is 0 Å². The fraction of sp³-hybridized carbons (Fsp3) is 0.0769. The van der Waals surface area contributed by atoms with Crippen molar-refractivity contribution in [1.82, 2.24) is 9.97 Å². The molecule has 4 nitrogen and oxygen atoms in total. The molecule has 0 aliphatic rings. The molecule has 0 atom stereocenters. The van der Waals surface area contributed by atoms with Crippen molar-refractivity contribution >= 4 is 27.8 Å². The highest BCUT2D eigenvalue weighted by Gasteiger charge is 2.09. The molecule has 0 radical (unpaired) electrons. The topological polar surface area (TPSA) is 61.0 Å². The first-order valence-corrected chi connectivity index (χ1v) is 7.33. The number of nitrogen functional groups attached to an aromatic ring is 1. The number of hydrogen-bond acceptors (Lipinski definition) is 6. The molecule has 0 bridgehead atoms. The van der Waals surface area contributed by atoms with Crippen LogP contribution in [0, 0.1) is 0 Å². The van der Waals surface area contributed by atoms with Crippen LogP contribution in [0.2, 0.25) is 0 Å². The first-order chi connectivity index (χ1) is 9.26. The summed E-state index contributed by atoms with van der Waals surface area (Å²) in [6, 6.07) is 7.85. The minimum atomic E-state index is 0.564. The Bertz CT molecular complexity index is 688. The van der Waals surface area contributed by atoms with Gasteiger partial charge in [0, 0.05) is 16.3 Å². The van der Waals surface area contributed by atoms with E-state index in [4.69, 9.17) is 10.5 Å². The highest BCUT2D eigenvalue weighted by Crippen LogP contribution is 2.30. The predicted molar refractivity (Wildman–Crippen MR) is 79.6 cm³/mol. The molecule has 0 aliphatic heterocycles. The van der Waals surface area contributed by atoms with E-state index >= 15 is 0 Å². The number of aromatic nitrogens is 2. The van der Waals surface area contributed by atoms with E-state index in [1.54, 1.807) is 18.4 Å². The lowest BCUT2D eigenvalue weighted by atomic mass is 10.2. The zero-order chi connectivity index (χ0) is 13.2. The lowest BCUT2D eigenvalue weighted by molar-refractivity contribution is 0.415. The van der Waals surface area contributed by atoms with Crippen LogP contribution in [0.15, 0.2) is 35.0 Å². The van der Waals surface area contributed by atoms with E-state index < -0.39 is 0 Å². The minimum Gasteiger partial charge on any atom is -0.497 e. The van der Waals surface area contributed by atoms with E-state index in [9.17, 15) is 0 Å². The monoisotopic (exact) mass is 289 g/mol. The molecule has 0 aliphatic carbocycles. The van der Waals surface area contributed by atoms with Crippen LogP contribution in [0.3, 0.4) is 0 Å². The Hall–Kier alpha value is -1.92. The standard InChI is InChI=1S/C13H11N3OS2/c1-17-9-4-2-8(3-5-9)12-15-10(6-18-12)11-7-19-13(14)16-11/h2-7H,1H3,(H2,14,16). The van der Waals surface area contributed by atoms with Gasteiger partial charge in [-0.1, -0.05) is 0 Å². The number of hydrogen-bond donors (Lipinski definition) is 1. The van der Waals surface area contributed by atoms with Crippen molar-refractivity contribution in [3.05, 3.63) is 35.0 Å². The fourth-order valence-corrected chi connectivity index (χ4v) is 3.04. The van der Waals surface area contributed by atoms with Gasteiger partial charge >= 0.3 is 0 Å². The molecule has 0 saturated heterocycles. The van der Waals surface area contributed by atoms with Crippen LogP contribution < -0.4 is 10.5 Å². The molecule has 0 amide bonds. The molecule has 96 valence electrons. The lowest BCUT2D eigenvalue weighted by Gasteiger charge is -2.00. The second-order valence-corrected chi connectivity index (χ2v) is 5.59. The Labute approximate surface area is 118 Å². The second-order valence-electron chi connectivity index (χ2n) is 3.84. The van der Waals surface area contributed by atoms with Gasteiger partial charge in [0.1, 0.15) is 22.1 Å². The zero-order valence-corrected chi connectivity index (χ0v) is 11.8. The fourth-order valence-electron chi connectivity index (χ4n) is 1.66. The Morgan fingerprint density at radius 1 is 1.00 bits per heavy atom. The SMILES string of the molecule is COc1ccc(-c2nc(-c3csc(N)n3)cs2)cc1. The van der Waals surface area contributed by atoms with E-state index in [0.717, 1.165) is 27.7 Å².